The number of hydrogen-bond acceptors (Lipinski definition) is 4. The molecular weight excluding hydrogens is 212 g/mol. The maximum Gasteiger partial charge on any atom is 0.270 e. The number of thiol groups is 1. The number of benzene rings is 1. The summed E-state index contributed by atoms with van der Waals surface area (Å²) in [4.78, 5) is 9.90. The maximum atomic E-state index is 10.4. The smallest absolute Gasteiger partial charge is 0.258 e. The quantitative estimate of drug-likeness (QED) is 0.338. The Hall–Kier alpha value is -1.98. The minimum atomic E-state index is -0.545. The number of nitro benzene ring substituents is 1. The number of hydrogen-bond donors (Lipinski definition) is 1. The molecule has 0 amide bonds. The predicted molar refractivity (Wildman–Crippen MR) is 58.5 cm³/mol. The number of nitrogens with zero attached hydrogens (tertiary/aromatic N) is 2. The summed E-state index contributed by atoms with van der Waals surface area (Å²) in [5.41, 5.74) is 0.582. The van der Waals surface area contributed by atoms with E-state index in [9.17, 15) is 10.1 Å². The highest BCUT2D eigenvalue weighted by Gasteiger charge is 2.08. The van der Waals surface area contributed by atoms with Crippen molar-refractivity contribution in [2.24, 2.45) is 0 Å². The van der Waals surface area contributed by atoms with Gasteiger partial charge in [-0.3, -0.25) is 10.1 Å². The molecule has 5 heteroatoms. The average Bonchev–Trinajstić information content (AvgIpc) is 2.25. The van der Waals surface area contributed by atoms with Gasteiger partial charge in [0.25, 0.3) is 5.69 Å². The normalized spacial score (nSPS) is 8.53. The van der Waals surface area contributed by atoms with E-state index in [1.807, 2.05) is 6.07 Å². The largest absolute Gasteiger partial charge is 0.270 e. The molecule has 74 valence electrons. The van der Waals surface area contributed by atoms with Crippen molar-refractivity contribution in [2.45, 2.75) is 0 Å². The SMILES string of the molecule is N#Cc1cc([N+](=O)[O-])ccc1C#CCS. The van der Waals surface area contributed by atoms with Gasteiger partial charge < -0.3 is 0 Å². The Balaban J connectivity index is 3.22. The first kappa shape index (κ1) is 11.1. The summed E-state index contributed by atoms with van der Waals surface area (Å²) in [6, 6.07) is 5.87. The van der Waals surface area contributed by atoms with Gasteiger partial charge in [-0.2, -0.15) is 17.9 Å². The summed E-state index contributed by atoms with van der Waals surface area (Å²) in [6.45, 7) is 0. The Morgan fingerprint density at radius 1 is 1.47 bits per heavy atom. The van der Waals surface area contributed by atoms with E-state index >= 15 is 0 Å². The fourth-order valence-corrected chi connectivity index (χ4v) is 1.06. The Morgan fingerprint density at radius 2 is 2.20 bits per heavy atom. The third-order valence-electron chi connectivity index (χ3n) is 1.64. The van der Waals surface area contributed by atoms with Gasteiger partial charge in [-0.1, -0.05) is 11.8 Å². The van der Waals surface area contributed by atoms with E-state index in [2.05, 4.69) is 24.5 Å². The van der Waals surface area contributed by atoms with Crippen molar-refractivity contribution >= 4 is 18.3 Å². The van der Waals surface area contributed by atoms with E-state index in [0.717, 1.165) is 0 Å². The van der Waals surface area contributed by atoms with E-state index in [1.165, 1.54) is 18.2 Å². The zero-order valence-electron chi connectivity index (χ0n) is 7.60. The molecule has 1 aromatic rings. The highest BCUT2D eigenvalue weighted by atomic mass is 32.1. The van der Waals surface area contributed by atoms with Crippen molar-refractivity contribution in [1.82, 2.24) is 0 Å². The Morgan fingerprint density at radius 3 is 2.73 bits per heavy atom. The van der Waals surface area contributed by atoms with Gasteiger partial charge in [-0.15, -0.1) is 0 Å². The monoisotopic (exact) mass is 218 g/mol. The van der Waals surface area contributed by atoms with E-state index in [0.29, 0.717) is 11.3 Å². The summed E-state index contributed by atoms with van der Waals surface area (Å²) in [6.07, 6.45) is 0. The van der Waals surface area contributed by atoms with Crippen LogP contribution >= 0.6 is 12.6 Å². The van der Waals surface area contributed by atoms with Gasteiger partial charge in [0.15, 0.2) is 0 Å². The van der Waals surface area contributed by atoms with E-state index in [-0.39, 0.29) is 11.3 Å². The third kappa shape index (κ3) is 2.73. The minimum Gasteiger partial charge on any atom is -0.258 e. The summed E-state index contributed by atoms with van der Waals surface area (Å²) in [5, 5.41) is 19.2. The van der Waals surface area contributed by atoms with Gasteiger partial charge in [-0.25, -0.2) is 0 Å². The molecule has 0 unspecified atom stereocenters. The van der Waals surface area contributed by atoms with E-state index in [4.69, 9.17) is 5.26 Å². The lowest BCUT2D eigenvalue weighted by atomic mass is 10.1. The lowest BCUT2D eigenvalue weighted by molar-refractivity contribution is -0.384. The lowest BCUT2D eigenvalue weighted by Crippen LogP contribution is -1.91. The molecule has 1 rings (SSSR count). The molecule has 0 aliphatic carbocycles. The zero-order chi connectivity index (χ0) is 11.3. The molecule has 0 aliphatic rings. The molecule has 15 heavy (non-hydrogen) atoms. The molecule has 0 fully saturated rings. The van der Waals surface area contributed by atoms with Gasteiger partial charge in [0.05, 0.1) is 16.2 Å². The van der Waals surface area contributed by atoms with Gasteiger partial charge in [0.1, 0.15) is 6.07 Å². The van der Waals surface area contributed by atoms with Crippen LogP contribution in [0.3, 0.4) is 0 Å². The molecule has 0 N–H and O–H groups in total. The van der Waals surface area contributed by atoms with Crippen LogP contribution in [-0.4, -0.2) is 10.7 Å². The second-order valence-corrected chi connectivity index (χ2v) is 2.87. The lowest BCUT2D eigenvalue weighted by Gasteiger charge is -1.95. The van der Waals surface area contributed by atoms with Gasteiger partial charge in [0, 0.05) is 17.7 Å². The fraction of sp³-hybridized carbons (Fsp3) is 0.100. The van der Waals surface area contributed by atoms with Crippen molar-refractivity contribution in [3.8, 4) is 17.9 Å². The second kappa shape index (κ2) is 5.04. The first-order chi connectivity index (χ1) is 7.19. The van der Waals surface area contributed by atoms with Gasteiger partial charge >= 0.3 is 0 Å². The molecule has 0 saturated heterocycles. The minimum absolute atomic E-state index is 0.108. The van der Waals surface area contributed by atoms with E-state index in [1.54, 1.807) is 0 Å². The first-order valence-electron chi connectivity index (χ1n) is 3.97. The van der Waals surface area contributed by atoms with Crippen LogP contribution < -0.4 is 0 Å². The zero-order valence-corrected chi connectivity index (χ0v) is 8.49. The molecule has 0 bridgehead atoms. The third-order valence-corrected chi connectivity index (χ3v) is 1.79. The van der Waals surface area contributed by atoms with Crippen LogP contribution in [0.25, 0.3) is 0 Å². The highest BCUT2D eigenvalue weighted by molar-refractivity contribution is 7.80. The molecule has 0 aromatic heterocycles. The number of nitriles is 1. The van der Waals surface area contributed by atoms with Crippen molar-refractivity contribution in [3.63, 3.8) is 0 Å². The van der Waals surface area contributed by atoms with Crippen molar-refractivity contribution < 1.29 is 4.92 Å². The topological polar surface area (TPSA) is 66.9 Å². The molecule has 0 radical (unpaired) electrons. The molecule has 0 heterocycles. The van der Waals surface area contributed by atoms with Crippen LogP contribution in [0.1, 0.15) is 11.1 Å². The predicted octanol–water partition coefficient (Wildman–Crippen LogP) is 1.75. The van der Waals surface area contributed by atoms with Crippen molar-refractivity contribution in [1.29, 1.82) is 5.26 Å². The molecular formula is C10H6N2O2S. The molecule has 0 aliphatic heterocycles. The molecule has 0 spiro atoms. The van der Waals surface area contributed by atoms with E-state index < -0.39 is 4.92 Å². The van der Waals surface area contributed by atoms with Crippen LogP contribution in [0, 0.1) is 33.3 Å². The Labute approximate surface area is 92.1 Å². The Kier molecular flexibility index (Phi) is 3.73. The summed E-state index contributed by atoms with van der Waals surface area (Å²) < 4.78 is 0. The van der Waals surface area contributed by atoms with Crippen LogP contribution in [0.5, 0.6) is 0 Å². The number of rotatable bonds is 1. The standard InChI is InChI=1S/C10H6N2O2S/c11-7-9-6-10(12(13)14)4-3-8(9)2-1-5-15/h3-4,6,15H,5H2. The second-order valence-electron chi connectivity index (χ2n) is 2.56. The van der Waals surface area contributed by atoms with Crippen LogP contribution in [0.15, 0.2) is 18.2 Å². The van der Waals surface area contributed by atoms with Crippen molar-refractivity contribution in [3.05, 3.63) is 39.4 Å². The maximum absolute atomic E-state index is 10.4. The van der Waals surface area contributed by atoms with Gasteiger partial charge in [0.2, 0.25) is 0 Å². The first-order valence-corrected chi connectivity index (χ1v) is 4.60. The average molecular weight is 218 g/mol. The summed E-state index contributed by atoms with van der Waals surface area (Å²) in [5.74, 6) is 5.77. The summed E-state index contributed by atoms with van der Waals surface area (Å²) >= 11 is 3.90. The highest BCUT2D eigenvalue weighted by Crippen LogP contribution is 2.16. The van der Waals surface area contributed by atoms with Crippen LogP contribution in [0.4, 0.5) is 5.69 Å². The summed E-state index contributed by atoms with van der Waals surface area (Å²) in [7, 11) is 0. The number of non-ortho nitro benzene ring substituents is 1. The van der Waals surface area contributed by atoms with Crippen molar-refractivity contribution in [2.75, 3.05) is 5.75 Å². The molecule has 0 atom stereocenters. The fourth-order valence-electron chi connectivity index (χ4n) is 0.982. The van der Waals surface area contributed by atoms with Gasteiger partial charge in [-0.05, 0) is 6.07 Å². The Bertz CT molecular complexity index is 494. The molecule has 1 aromatic carbocycles. The molecule has 0 saturated carbocycles. The van der Waals surface area contributed by atoms with Crippen LogP contribution in [0.2, 0.25) is 0 Å². The van der Waals surface area contributed by atoms with Crippen LogP contribution in [-0.2, 0) is 0 Å². The molecule has 4 nitrogen and oxygen atoms in total. The number of nitro groups is 1.